The van der Waals surface area contributed by atoms with Crippen molar-refractivity contribution in [3.63, 3.8) is 0 Å². The van der Waals surface area contributed by atoms with E-state index in [1.165, 1.54) is 11.8 Å². The molecule has 0 N–H and O–H groups in total. The van der Waals surface area contributed by atoms with Crippen molar-refractivity contribution in [2.45, 2.75) is 29.5 Å². The van der Waals surface area contributed by atoms with Gasteiger partial charge in [-0.2, -0.15) is 0 Å². The zero-order valence-corrected chi connectivity index (χ0v) is 15.3. The van der Waals surface area contributed by atoms with Crippen LogP contribution in [0.1, 0.15) is 18.4 Å². The number of hydrogen-bond donors (Lipinski definition) is 0. The first-order valence-electron chi connectivity index (χ1n) is 8.58. The van der Waals surface area contributed by atoms with Crippen molar-refractivity contribution >= 4 is 29.3 Å². The largest absolute Gasteiger partial charge is 0.490 e. The topological polar surface area (TPSA) is 55.8 Å². The third-order valence-corrected chi connectivity index (χ3v) is 6.12. The average molecular weight is 369 g/mol. The number of thioether (sulfide) groups is 1. The number of esters is 1. The third-order valence-electron chi connectivity index (χ3n) is 4.66. The molecule has 1 unspecified atom stereocenters. The van der Waals surface area contributed by atoms with Crippen LogP contribution < -0.4 is 9.64 Å². The van der Waals surface area contributed by atoms with Gasteiger partial charge in [0.1, 0.15) is 19.0 Å². The lowest BCUT2D eigenvalue weighted by Crippen LogP contribution is -2.48. The lowest BCUT2D eigenvalue weighted by atomic mass is 10.2. The van der Waals surface area contributed by atoms with E-state index in [2.05, 4.69) is 0 Å². The number of carbonyl (C=O) groups is 2. The molecule has 4 rings (SSSR count). The second-order valence-corrected chi connectivity index (χ2v) is 7.65. The molecule has 1 saturated heterocycles. The van der Waals surface area contributed by atoms with E-state index >= 15 is 0 Å². The minimum atomic E-state index is -0.969. The van der Waals surface area contributed by atoms with Gasteiger partial charge in [0.15, 0.2) is 4.87 Å². The summed E-state index contributed by atoms with van der Waals surface area (Å²) in [4.78, 5) is 26.8. The number of benzene rings is 2. The molecule has 0 radical (unpaired) electrons. The summed E-state index contributed by atoms with van der Waals surface area (Å²) in [6.07, 6.45) is 0.818. The number of amides is 1. The Balaban J connectivity index is 1.42. The quantitative estimate of drug-likeness (QED) is 0.596. The first kappa shape index (κ1) is 17.0. The number of aryl methyl sites for hydroxylation is 1. The zero-order chi connectivity index (χ0) is 18.1. The minimum absolute atomic E-state index is 0.0319. The van der Waals surface area contributed by atoms with Crippen LogP contribution in [0.2, 0.25) is 0 Å². The first-order valence-corrected chi connectivity index (χ1v) is 9.40. The predicted molar refractivity (Wildman–Crippen MR) is 99.4 cm³/mol. The van der Waals surface area contributed by atoms with Crippen molar-refractivity contribution in [3.8, 4) is 5.75 Å². The van der Waals surface area contributed by atoms with Crippen LogP contribution >= 0.6 is 11.8 Å². The summed E-state index contributed by atoms with van der Waals surface area (Å²) >= 11 is 1.41. The molecule has 26 heavy (non-hydrogen) atoms. The van der Waals surface area contributed by atoms with Crippen molar-refractivity contribution in [2.24, 2.45) is 0 Å². The minimum Gasteiger partial charge on any atom is -0.490 e. The van der Waals surface area contributed by atoms with Gasteiger partial charge in [0.25, 0.3) is 0 Å². The number of carbonyl (C=O) groups excluding carboxylic acids is 2. The Bertz CT molecular complexity index is 868. The predicted octanol–water partition coefficient (Wildman–Crippen LogP) is 3.55. The van der Waals surface area contributed by atoms with E-state index in [-0.39, 0.29) is 25.1 Å². The molecule has 2 heterocycles. The van der Waals surface area contributed by atoms with Gasteiger partial charge in [-0.15, -0.1) is 0 Å². The van der Waals surface area contributed by atoms with E-state index in [1.807, 2.05) is 55.5 Å². The molecule has 0 saturated carbocycles. The fourth-order valence-electron chi connectivity index (χ4n) is 3.39. The van der Waals surface area contributed by atoms with Gasteiger partial charge >= 0.3 is 5.97 Å². The molecule has 5 nitrogen and oxygen atoms in total. The number of fused-ring (bicyclic) bond motifs is 3. The summed E-state index contributed by atoms with van der Waals surface area (Å²) in [5.74, 6) is 0.371. The van der Waals surface area contributed by atoms with Crippen LogP contribution in [0, 0.1) is 6.92 Å². The highest BCUT2D eigenvalue weighted by Crippen LogP contribution is 2.56. The van der Waals surface area contributed by atoms with Crippen molar-refractivity contribution in [3.05, 3.63) is 54.1 Å². The highest BCUT2D eigenvalue weighted by Gasteiger charge is 2.58. The van der Waals surface area contributed by atoms with E-state index in [1.54, 1.807) is 4.90 Å². The maximum absolute atomic E-state index is 12.8. The van der Waals surface area contributed by atoms with Crippen LogP contribution in [-0.4, -0.2) is 30.0 Å². The van der Waals surface area contributed by atoms with Gasteiger partial charge in [-0.25, -0.2) is 4.79 Å². The molecular formula is C20H19NO4S. The normalized spacial score (nSPS) is 20.7. The number of para-hydroxylation sites is 2. The third kappa shape index (κ3) is 2.74. The van der Waals surface area contributed by atoms with E-state index < -0.39 is 4.87 Å². The second-order valence-electron chi connectivity index (χ2n) is 6.33. The first-order chi connectivity index (χ1) is 12.6. The Hall–Kier alpha value is -2.47. The van der Waals surface area contributed by atoms with E-state index in [0.29, 0.717) is 12.8 Å². The number of nitrogens with zero attached hydrogens (tertiary/aromatic N) is 1. The summed E-state index contributed by atoms with van der Waals surface area (Å²) in [5, 5.41) is 0. The molecule has 0 spiro atoms. The molecule has 2 aromatic rings. The highest BCUT2D eigenvalue weighted by atomic mass is 32.2. The van der Waals surface area contributed by atoms with E-state index in [4.69, 9.17) is 9.47 Å². The van der Waals surface area contributed by atoms with E-state index in [9.17, 15) is 9.59 Å². The standard InChI is InChI=1S/C20H19NO4S/c1-14-6-2-4-8-16(14)24-12-13-25-19(23)20-11-10-18(22)21(20)15-7-3-5-9-17(15)26-20/h2-9H,10-13H2,1H3. The molecule has 2 aromatic carbocycles. The maximum atomic E-state index is 12.8. The van der Waals surface area contributed by atoms with Crippen LogP contribution in [0.4, 0.5) is 5.69 Å². The van der Waals surface area contributed by atoms with Gasteiger partial charge in [-0.3, -0.25) is 9.69 Å². The Morgan fingerprint density at radius 2 is 1.92 bits per heavy atom. The monoisotopic (exact) mass is 369 g/mol. The van der Waals surface area contributed by atoms with Gasteiger partial charge < -0.3 is 9.47 Å². The molecule has 2 aliphatic heterocycles. The molecular weight excluding hydrogens is 350 g/mol. The molecule has 0 aromatic heterocycles. The molecule has 134 valence electrons. The van der Waals surface area contributed by atoms with Crippen LogP contribution in [0.15, 0.2) is 53.4 Å². The van der Waals surface area contributed by atoms with E-state index in [0.717, 1.165) is 21.9 Å². The Kier molecular flexibility index (Phi) is 4.36. The van der Waals surface area contributed by atoms with Gasteiger partial charge in [-0.05, 0) is 30.7 Å². The molecule has 0 aliphatic carbocycles. The van der Waals surface area contributed by atoms with Crippen LogP contribution in [0.5, 0.6) is 5.75 Å². The molecule has 1 amide bonds. The van der Waals surface area contributed by atoms with Crippen LogP contribution in [0.25, 0.3) is 0 Å². The summed E-state index contributed by atoms with van der Waals surface area (Å²) in [5.41, 5.74) is 1.83. The van der Waals surface area contributed by atoms with Crippen LogP contribution in [0.3, 0.4) is 0 Å². The lowest BCUT2D eigenvalue weighted by molar-refractivity contribution is -0.147. The SMILES string of the molecule is Cc1ccccc1OCCOC(=O)C12CCC(=O)N1c1ccccc1S2. The van der Waals surface area contributed by atoms with Gasteiger partial charge in [0.2, 0.25) is 5.91 Å². The van der Waals surface area contributed by atoms with Crippen LogP contribution in [-0.2, 0) is 14.3 Å². The Morgan fingerprint density at radius 1 is 1.15 bits per heavy atom. The molecule has 1 atom stereocenters. The number of rotatable bonds is 5. The smallest absolute Gasteiger partial charge is 0.343 e. The van der Waals surface area contributed by atoms with Crippen molar-refractivity contribution in [1.29, 1.82) is 0 Å². The van der Waals surface area contributed by atoms with Crippen molar-refractivity contribution in [2.75, 3.05) is 18.1 Å². The Morgan fingerprint density at radius 3 is 2.77 bits per heavy atom. The van der Waals surface area contributed by atoms with Crippen molar-refractivity contribution in [1.82, 2.24) is 0 Å². The maximum Gasteiger partial charge on any atom is 0.343 e. The zero-order valence-electron chi connectivity index (χ0n) is 14.4. The number of anilines is 1. The average Bonchev–Trinajstić information content (AvgIpc) is 3.16. The summed E-state index contributed by atoms with van der Waals surface area (Å²) < 4.78 is 11.2. The molecule has 1 fully saturated rings. The lowest BCUT2D eigenvalue weighted by Gasteiger charge is -2.28. The number of hydrogen-bond acceptors (Lipinski definition) is 5. The fourth-order valence-corrected chi connectivity index (χ4v) is 4.80. The Labute approximate surface area is 156 Å². The summed E-state index contributed by atoms with van der Waals surface area (Å²) in [7, 11) is 0. The summed E-state index contributed by atoms with van der Waals surface area (Å²) in [6.45, 7) is 2.39. The van der Waals surface area contributed by atoms with Gasteiger partial charge in [0.05, 0.1) is 5.69 Å². The van der Waals surface area contributed by atoms with Gasteiger partial charge in [0, 0.05) is 17.7 Å². The van der Waals surface area contributed by atoms with Crippen molar-refractivity contribution < 1.29 is 19.1 Å². The molecule has 0 bridgehead atoms. The van der Waals surface area contributed by atoms with Gasteiger partial charge in [-0.1, -0.05) is 42.1 Å². The molecule has 2 aliphatic rings. The summed E-state index contributed by atoms with van der Waals surface area (Å²) in [6, 6.07) is 15.3. The number of ether oxygens (including phenoxy) is 2. The second kappa shape index (κ2) is 6.68. The molecule has 6 heteroatoms. The highest BCUT2D eigenvalue weighted by molar-refractivity contribution is 8.02. The fraction of sp³-hybridized carbons (Fsp3) is 0.300.